The third-order valence-electron chi connectivity index (χ3n) is 5.97. The SMILES string of the molecule is COc1cccc(OC)c1/C(O)=C1\C(=O)C(=O)N(CCCN(C)C)C1c1cccc(OCC(C)C)c1. The van der Waals surface area contributed by atoms with Gasteiger partial charge in [0.15, 0.2) is 0 Å². The Morgan fingerprint density at radius 1 is 1.06 bits per heavy atom. The highest BCUT2D eigenvalue weighted by atomic mass is 16.5. The minimum atomic E-state index is -0.788. The van der Waals surface area contributed by atoms with Gasteiger partial charge in [0.2, 0.25) is 0 Å². The Bertz CT molecular complexity index is 1100. The maximum absolute atomic E-state index is 13.4. The largest absolute Gasteiger partial charge is 0.506 e. The fourth-order valence-electron chi connectivity index (χ4n) is 4.27. The van der Waals surface area contributed by atoms with Crippen molar-refractivity contribution in [3.63, 3.8) is 0 Å². The van der Waals surface area contributed by atoms with Crippen LogP contribution in [0.5, 0.6) is 17.2 Å². The first-order chi connectivity index (χ1) is 17.2. The van der Waals surface area contributed by atoms with Gasteiger partial charge in [-0.25, -0.2) is 0 Å². The molecule has 1 amide bonds. The fourth-order valence-corrected chi connectivity index (χ4v) is 4.27. The first-order valence-corrected chi connectivity index (χ1v) is 12.1. The van der Waals surface area contributed by atoms with Gasteiger partial charge in [0.25, 0.3) is 11.7 Å². The van der Waals surface area contributed by atoms with Crippen LogP contribution in [-0.2, 0) is 9.59 Å². The minimum absolute atomic E-state index is 0.00587. The molecule has 1 unspecified atom stereocenters. The molecule has 0 bridgehead atoms. The van der Waals surface area contributed by atoms with Gasteiger partial charge in [0.05, 0.1) is 32.4 Å². The van der Waals surface area contributed by atoms with E-state index in [-0.39, 0.29) is 16.9 Å². The third kappa shape index (κ3) is 5.82. The van der Waals surface area contributed by atoms with Gasteiger partial charge in [0.1, 0.15) is 28.6 Å². The number of benzene rings is 2. The Kier molecular flexibility index (Phi) is 8.98. The van der Waals surface area contributed by atoms with E-state index >= 15 is 0 Å². The van der Waals surface area contributed by atoms with E-state index in [1.165, 1.54) is 19.1 Å². The minimum Gasteiger partial charge on any atom is -0.506 e. The number of aliphatic hydroxyl groups is 1. The van der Waals surface area contributed by atoms with Crippen molar-refractivity contribution in [2.45, 2.75) is 26.3 Å². The molecule has 0 radical (unpaired) electrons. The molecule has 2 aromatic rings. The monoisotopic (exact) mass is 496 g/mol. The number of carbonyl (C=O) groups excluding carboxylic acids is 2. The molecule has 1 heterocycles. The summed E-state index contributed by atoms with van der Waals surface area (Å²) in [7, 11) is 6.85. The predicted molar refractivity (Wildman–Crippen MR) is 139 cm³/mol. The van der Waals surface area contributed by atoms with Crippen molar-refractivity contribution < 1.29 is 28.9 Å². The van der Waals surface area contributed by atoms with Crippen LogP contribution in [0.1, 0.15) is 37.4 Å². The Balaban J connectivity index is 2.17. The number of ether oxygens (including phenoxy) is 3. The van der Waals surface area contributed by atoms with Gasteiger partial charge in [0, 0.05) is 6.54 Å². The maximum Gasteiger partial charge on any atom is 0.295 e. The van der Waals surface area contributed by atoms with E-state index in [0.29, 0.717) is 48.3 Å². The maximum atomic E-state index is 13.4. The summed E-state index contributed by atoms with van der Waals surface area (Å²) in [6, 6.07) is 11.6. The van der Waals surface area contributed by atoms with Crippen LogP contribution in [0.3, 0.4) is 0 Å². The Labute approximate surface area is 213 Å². The van der Waals surface area contributed by atoms with Gasteiger partial charge >= 0.3 is 0 Å². The Hall–Kier alpha value is -3.52. The summed E-state index contributed by atoms with van der Waals surface area (Å²) >= 11 is 0. The molecule has 8 nitrogen and oxygen atoms in total. The van der Waals surface area contributed by atoms with E-state index in [2.05, 4.69) is 13.8 Å². The van der Waals surface area contributed by atoms with Gasteiger partial charge in [-0.15, -0.1) is 0 Å². The average molecular weight is 497 g/mol. The number of aliphatic hydroxyl groups excluding tert-OH is 1. The summed E-state index contributed by atoms with van der Waals surface area (Å²) in [5.74, 6) is -0.0992. The lowest BCUT2D eigenvalue weighted by Gasteiger charge is -2.26. The first kappa shape index (κ1) is 27.1. The molecule has 0 aliphatic carbocycles. The summed E-state index contributed by atoms with van der Waals surface area (Å²) < 4.78 is 16.8. The quantitative estimate of drug-likeness (QED) is 0.285. The van der Waals surface area contributed by atoms with Crippen LogP contribution in [0, 0.1) is 5.92 Å². The fraction of sp³-hybridized carbons (Fsp3) is 0.429. The number of rotatable bonds is 11. The van der Waals surface area contributed by atoms with Gasteiger partial charge in [-0.3, -0.25) is 9.59 Å². The van der Waals surface area contributed by atoms with Gasteiger partial charge in [-0.05, 0) is 62.8 Å². The molecule has 0 spiro atoms. The lowest BCUT2D eigenvalue weighted by molar-refractivity contribution is -0.139. The molecular formula is C28H36N2O6. The van der Waals surface area contributed by atoms with Crippen LogP contribution in [0.2, 0.25) is 0 Å². The van der Waals surface area contributed by atoms with E-state index in [1.54, 1.807) is 18.2 Å². The highest BCUT2D eigenvalue weighted by Gasteiger charge is 2.46. The smallest absolute Gasteiger partial charge is 0.295 e. The van der Waals surface area contributed by atoms with E-state index < -0.39 is 17.7 Å². The Morgan fingerprint density at radius 3 is 2.28 bits per heavy atom. The summed E-state index contributed by atoms with van der Waals surface area (Å²) in [5.41, 5.74) is 0.899. The molecule has 2 aromatic carbocycles. The zero-order chi connectivity index (χ0) is 26.4. The van der Waals surface area contributed by atoms with E-state index in [0.717, 1.165) is 6.54 Å². The predicted octanol–water partition coefficient (Wildman–Crippen LogP) is 4.11. The third-order valence-corrected chi connectivity index (χ3v) is 5.97. The Morgan fingerprint density at radius 2 is 1.69 bits per heavy atom. The molecular weight excluding hydrogens is 460 g/mol. The molecule has 1 saturated heterocycles. The molecule has 3 rings (SSSR count). The van der Waals surface area contributed by atoms with Crippen molar-refractivity contribution in [2.75, 3.05) is 48.0 Å². The molecule has 0 aromatic heterocycles. The van der Waals surface area contributed by atoms with Gasteiger partial charge < -0.3 is 29.1 Å². The summed E-state index contributed by atoms with van der Waals surface area (Å²) in [5, 5.41) is 11.5. The van der Waals surface area contributed by atoms with Crippen molar-refractivity contribution in [3.8, 4) is 17.2 Å². The number of methoxy groups -OCH3 is 2. The van der Waals surface area contributed by atoms with Crippen LogP contribution >= 0.6 is 0 Å². The van der Waals surface area contributed by atoms with Gasteiger partial charge in [-0.2, -0.15) is 0 Å². The number of hydrogen-bond donors (Lipinski definition) is 1. The summed E-state index contributed by atoms with van der Waals surface area (Å²) in [4.78, 5) is 30.2. The summed E-state index contributed by atoms with van der Waals surface area (Å²) in [6.07, 6.45) is 0.665. The molecule has 0 saturated carbocycles. The highest BCUT2D eigenvalue weighted by Crippen LogP contribution is 2.43. The molecule has 1 aliphatic rings. The number of nitrogens with zero attached hydrogens (tertiary/aromatic N) is 2. The lowest BCUT2D eigenvalue weighted by Crippen LogP contribution is -2.32. The first-order valence-electron chi connectivity index (χ1n) is 12.1. The van der Waals surface area contributed by atoms with Gasteiger partial charge in [-0.1, -0.05) is 32.0 Å². The molecule has 8 heteroatoms. The molecule has 1 fully saturated rings. The van der Waals surface area contributed by atoms with Crippen LogP contribution in [-0.4, -0.2) is 74.6 Å². The van der Waals surface area contributed by atoms with Crippen LogP contribution < -0.4 is 14.2 Å². The van der Waals surface area contributed by atoms with E-state index in [1.807, 2.05) is 43.3 Å². The number of hydrogen-bond acceptors (Lipinski definition) is 7. The topological polar surface area (TPSA) is 88.5 Å². The second-order valence-corrected chi connectivity index (χ2v) is 9.46. The van der Waals surface area contributed by atoms with Crippen molar-refractivity contribution in [1.29, 1.82) is 0 Å². The van der Waals surface area contributed by atoms with Crippen LogP contribution in [0.4, 0.5) is 0 Å². The second kappa shape index (κ2) is 11.9. The van der Waals surface area contributed by atoms with E-state index in [4.69, 9.17) is 14.2 Å². The molecule has 194 valence electrons. The standard InChI is InChI=1S/C28H36N2O6/c1-18(2)17-36-20-11-7-10-19(16-20)25-24(27(32)28(33)30(25)15-9-14-29(3)4)26(31)23-21(34-5)12-8-13-22(23)35-6/h7-8,10-13,16,18,25,31H,9,14-15,17H2,1-6H3/b26-24+. The van der Waals surface area contributed by atoms with Crippen LogP contribution in [0.15, 0.2) is 48.0 Å². The number of likely N-dealkylation sites (tertiary alicyclic amines) is 1. The normalized spacial score (nSPS) is 17.2. The molecule has 36 heavy (non-hydrogen) atoms. The van der Waals surface area contributed by atoms with E-state index in [9.17, 15) is 14.7 Å². The van der Waals surface area contributed by atoms with Crippen molar-refractivity contribution in [2.24, 2.45) is 5.92 Å². The molecule has 1 atom stereocenters. The number of ketones is 1. The average Bonchev–Trinajstić information content (AvgIpc) is 3.11. The second-order valence-electron chi connectivity index (χ2n) is 9.46. The molecule has 1 N–H and O–H groups in total. The summed E-state index contributed by atoms with van der Waals surface area (Å²) in [6.45, 7) is 5.75. The lowest BCUT2D eigenvalue weighted by atomic mass is 9.94. The number of amides is 1. The number of carbonyl (C=O) groups is 2. The molecule has 1 aliphatic heterocycles. The zero-order valence-electron chi connectivity index (χ0n) is 21.9. The van der Waals surface area contributed by atoms with Crippen molar-refractivity contribution >= 4 is 17.4 Å². The van der Waals surface area contributed by atoms with Crippen LogP contribution in [0.25, 0.3) is 5.76 Å². The van der Waals surface area contributed by atoms with Crippen molar-refractivity contribution in [3.05, 3.63) is 59.2 Å². The van der Waals surface area contributed by atoms with Crippen molar-refractivity contribution in [1.82, 2.24) is 9.80 Å². The highest BCUT2D eigenvalue weighted by molar-refractivity contribution is 6.46. The number of Topliss-reactive ketones (excluding diaryl/α,β-unsaturated/α-hetero) is 1. The zero-order valence-corrected chi connectivity index (χ0v) is 21.9.